The van der Waals surface area contributed by atoms with Crippen molar-refractivity contribution in [2.75, 3.05) is 13.1 Å². The summed E-state index contributed by atoms with van der Waals surface area (Å²) >= 11 is 0. The molecule has 2 saturated heterocycles. The topological polar surface area (TPSA) is 159 Å². The molecule has 11 nitrogen and oxygen atoms in total. The van der Waals surface area contributed by atoms with Crippen LogP contribution in [0.4, 0.5) is 8.78 Å². The summed E-state index contributed by atoms with van der Waals surface area (Å²) in [6.45, 7) is 11.5. The van der Waals surface area contributed by atoms with Crippen LogP contribution < -0.4 is 5.32 Å². The highest BCUT2D eigenvalue weighted by molar-refractivity contribution is 5.96. The van der Waals surface area contributed by atoms with Gasteiger partial charge in [0.2, 0.25) is 17.7 Å². The standard InChI is InChI=1S/C45H59F2N5O6/c1-7-24(5)40(55)15-26(9-3)44(57)51-22-31(53)18-29(51)20-35-33-13-11-27(46)16-38(33)48-41(35)42-36(34-14-12-28(47)17-39(34)49-42)21-30-19-32(54)23-52(30)45(58)37(10-4)50-43(56)25(6)8-2/h11-14,16-17,24-26,29-32,37,48-49,53-54H,7-10,15,18-23H2,1-6H3,(H,50,56)/t24-,25-,26-,29+,30+,31+,32+,37+/m1/s1. The first kappa shape index (κ1) is 43.0. The number of aromatic nitrogens is 2. The predicted molar refractivity (Wildman–Crippen MR) is 220 cm³/mol. The van der Waals surface area contributed by atoms with Crippen molar-refractivity contribution in [2.45, 2.75) is 130 Å². The number of Topliss-reactive ketones (excluding diaryl/α,β-unsaturated/α-hetero) is 1. The summed E-state index contributed by atoms with van der Waals surface area (Å²) in [4.78, 5) is 64.2. The predicted octanol–water partition coefficient (Wildman–Crippen LogP) is 6.58. The number of fused-ring (bicyclic) bond motifs is 2. The first-order valence-electron chi connectivity index (χ1n) is 21.1. The summed E-state index contributed by atoms with van der Waals surface area (Å²) in [6, 6.07) is 7.24. The van der Waals surface area contributed by atoms with Crippen LogP contribution in [0, 0.1) is 29.4 Å². The summed E-state index contributed by atoms with van der Waals surface area (Å²) < 4.78 is 29.6. The number of hydrogen-bond acceptors (Lipinski definition) is 6. The van der Waals surface area contributed by atoms with Crippen LogP contribution in [0.25, 0.3) is 33.2 Å². The van der Waals surface area contributed by atoms with E-state index < -0.39 is 47.9 Å². The minimum absolute atomic E-state index is 0.0406. The van der Waals surface area contributed by atoms with Crippen LogP contribution in [0.15, 0.2) is 36.4 Å². The van der Waals surface area contributed by atoms with Crippen LogP contribution in [0.1, 0.15) is 97.6 Å². The van der Waals surface area contributed by atoms with E-state index in [0.29, 0.717) is 66.3 Å². The maximum atomic E-state index is 14.8. The van der Waals surface area contributed by atoms with Gasteiger partial charge in [0.25, 0.3) is 0 Å². The van der Waals surface area contributed by atoms with E-state index in [1.807, 2.05) is 41.5 Å². The Hall–Kier alpha value is -4.62. The average Bonchev–Trinajstić information content (AvgIpc) is 3.96. The second kappa shape index (κ2) is 18.1. The maximum Gasteiger partial charge on any atom is 0.245 e. The largest absolute Gasteiger partial charge is 0.391 e. The Bertz CT molecular complexity index is 2000. The number of nitrogens with zero attached hydrogens (tertiary/aromatic N) is 2. The summed E-state index contributed by atoms with van der Waals surface area (Å²) in [7, 11) is 0. The molecule has 0 unspecified atom stereocenters. The van der Waals surface area contributed by atoms with E-state index in [9.17, 15) is 38.2 Å². The number of carbonyl (C=O) groups excluding carboxylic acids is 4. The molecule has 5 N–H and O–H groups in total. The van der Waals surface area contributed by atoms with Gasteiger partial charge in [0.1, 0.15) is 23.5 Å². The number of aliphatic hydroxyl groups is 2. The summed E-state index contributed by atoms with van der Waals surface area (Å²) in [5, 5.41) is 26.3. The minimum atomic E-state index is -0.792. The molecule has 314 valence electrons. The number of rotatable bonds is 16. The van der Waals surface area contributed by atoms with Gasteiger partial charge >= 0.3 is 0 Å². The molecule has 2 fully saturated rings. The van der Waals surface area contributed by atoms with Crippen molar-refractivity contribution in [2.24, 2.45) is 17.8 Å². The van der Waals surface area contributed by atoms with E-state index in [1.165, 1.54) is 24.3 Å². The number of benzene rings is 2. The van der Waals surface area contributed by atoms with Gasteiger partial charge in [-0.25, -0.2) is 8.78 Å². The molecular formula is C45H59F2N5O6. The quantitative estimate of drug-likeness (QED) is 0.0862. The summed E-state index contributed by atoms with van der Waals surface area (Å²) in [5.41, 5.74) is 3.74. The molecule has 0 saturated carbocycles. The zero-order chi connectivity index (χ0) is 42.0. The van der Waals surface area contributed by atoms with Crippen molar-refractivity contribution in [3.05, 3.63) is 59.2 Å². The Morgan fingerprint density at radius 3 is 1.66 bits per heavy atom. The molecule has 2 aliphatic rings. The molecule has 3 amide bonds. The van der Waals surface area contributed by atoms with E-state index in [1.54, 1.807) is 21.9 Å². The van der Waals surface area contributed by atoms with E-state index in [2.05, 4.69) is 15.3 Å². The van der Waals surface area contributed by atoms with Crippen molar-refractivity contribution >= 4 is 45.3 Å². The van der Waals surface area contributed by atoms with Crippen molar-refractivity contribution in [3.8, 4) is 11.4 Å². The van der Waals surface area contributed by atoms with Crippen LogP contribution in [0.3, 0.4) is 0 Å². The first-order valence-corrected chi connectivity index (χ1v) is 21.1. The minimum Gasteiger partial charge on any atom is -0.391 e. The molecule has 8 atom stereocenters. The molecule has 0 aliphatic carbocycles. The van der Waals surface area contributed by atoms with E-state index in [0.717, 1.165) is 16.5 Å². The lowest BCUT2D eigenvalue weighted by Crippen LogP contribution is -2.51. The highest BCUT2D eigenvalue weighted by Crippen LogP contribution is 2.40. The number of β-amino-alcohol motifs (C(OH)–C–C–N with tert-alkyl or cyclic N) is 2. The molecule has 2 aromatic carbocycles. The van der Waals surface area contributed by atoms with Crippen molar-refractivity contribution in [1.29, 1.82) is 0 Å². The van der Waals surface area contributed by atoms with Crippen LogP contribution in [-0.4, -0.2) is 96.9 Å². The van der Waals surface area contributed by atoms with Gasteiger partial charge in [0.05, 0.1) is 23.6 Å². The number of nitrogens with one attached hydrogen (secondary N) is 3. The second-order valence-electron chi connectivity index (χ2n) is 16.7. The van der Waals surface area contributed by atoms with Gasteiger partial charge in [-0.3, -0.25) is 19.2 Å². The molecule has 2 aliphatic heterocycles. The zero-order valence-corrected chi connectivity index (χ0v) is 34.5. The third-order valence-corrected chi connectivity index (χ3v) is 12.8. The third kappa shape index (κ3) is 8.85. The molecule has 4 aromatic rings. The summed E-state index contributed by atoms with van der Waals surface area (Å²) in [5.74, 6) is -2.47. The lowest BCUT2D eigenvalue weighted by atomic mass is 9.90. The Labute approximate surface area is 338 Å². The molecule has 0 bridgehead atoms. The molecule has 6 rings (SSSR count). The monoisotopic (exact) mass is 803 g/mol. The first-order chi connectivity index (χ1) is 27.7. The van der Waals surface area contributed by atoms with Crippen LogP contribution in [0.5, 0.6) is 0 Å². The molecular weight excluding hydrogens is 745 g/mol. The second-order valence-corrected chi connectivity index (χ2v) is 16.7. The smallest absolute Gasteiger partial charge is 0.245 e. The fraction of sp³-hybridized carbons (Fsp3) is 0.556. The number of aliphatic hydroxyl groups excluding tert-OH is 2. The van der Waals surface area contributed by atoms with Crippen molar-refractivity contribution in [3.63, 3.8) is 0 Å². The maximum absolute atomic E-state index is 14.8. The molecule has 0 spiro atoms. The lowest BCUT2D eigenvalue weighted by molar-refractivity contribution is -0.139. The SMILES string of the molecule is CC[C@H](CC(=O)[C@H](C)CC)C(=O)N1C[C@@H](O)C[C@H]1Cc1c(-c2[nH]c3cc(F)ccc3c2C[C@@H]2C[C@H](O)CN2C(=O)[C@H](CC)NC(=O)[C@H](C)CC)[nH]c2cc(F)ccc12. The summed E-state index contributed by atoms with van der Waals surface area (Å²) in [6.07, 6.45) is 1.90. The lowest BCUT2D eigenvalue weighted by Gasteiger charge is -2.30. The number of likely N-dealkylation sites (tertiary alicyclic amines) is 2. The van der Waals surface area contributed by atoms with Crippen LogP contribution in [-0.2, 0) is 32.0 Å². The molecule has 0 radical (unpaired) electrons. The normalized spacial score (nSPS) is 21.8. The van der Waals surface area contributed by atoms with E-state index in [4.69, 9.17) is 0 Å². The Morgan fingerprint density at radius 1 is 0.724 bits per heavy atom. The Kier molecular flexibility index (Phi) is 13.4. The van der Waals surface area contributed by atoms with Crippen molar-refractivity contribution < 1.29 is 38.2 Å². The number of aromatic amines is 2. The van der Waals surface area contributed by atoms with E-state index >= 15 is 0 Å². The van der Waals surface area contributed by atoms with Gasteiger partial charge in [-0.2, -0.15) is 0 Å². The van der Waals surface area contributed by atoms with Gasteiger partial charge < -0.3 is 35.3 Å². The van der Waals surface area contributed by atoms with Crippen LogP contribution >= 0.6 is 0 Å². The van der Waals surface area contributed by atoms with Crippen molar-refractivity contribution in [1.82, 2.24) is 25.1 Å². The highest BCUT2D eigenvalue weighted by atomic mass is 19.1. The number of carbonyl (C=O) groups is 4. The van der Waals surface area contributed by atoms with Gasteiger partial charge in [0.15, 0.2) is 0 Å². The van der Waals surface area contributed by atoms with Gasteiger partial charge in [-0.1, -0.05) is 41.5 Å². The van der Waals surface area contributed by atoms with Gasteiger partial charge in [-0.15, -0.1) is 0 Å². The molecule has 4 heterocycles. The van der Waals surface area contributed by atoms with Crippen LogP contribution in [0.2, 0.25) is 0 Å². The Morgan fingerprint density at radius 2 is 1.21 bits per heavy atom. The molecule has 13 heteroatoms. The highest BCUT2D eigenvalue weighted by Gasteiger charge is 2.41. The number of hydrogen-bond donors (Lipinski definition) is 5. The third-order valence-electron chi connectivity index (χ3n) is 12.8. The molecule has 58 heavy (non-hydrogen) atoms. The fourth-order valence-corrected chi connectivity index (χ4v) is 8.84. The number of halogens is 2. The fourth-order valence-electron chi connectivity index (χ4n) is 8.84. The Balaban J connectivity index is 1.40. The number of ketones is 1. The van der Waals surface area contributed by atoms with E-state index in [-0.39, 0.29) is 67.7 Å². The molecule has 2 aromatic heterocycles. The number of amides is 3. The number of H-pyrrole nitrogens is 2. The zero-order valence-electron chi connectivity index (χ0n) is 34.5. The average molecular weight is 804 g/mol. The van der Waals surface area contributed by atoms with Gasteiger partial charge in [-0.05, 0) is 98.9 Å². The van der Waals surface area contributed by atoms with Gasteiger partial charge in [0, 0.05) is 71.2 Å².